The van der Waals surface area contributed by atoms with E-state index in [1.165, 1.54) is 6.07 Å². The molecule has 0 aromatic heterocycles. The number of carbonyl (C=O) groups is 2. The van der Waals surface area contributed by atoms with Crippen molar-refractivity contribution < 1.29 is 41.0 Å². The number of hydrogen-bond acceptors (Lipinski definition) is 7. The Morgan fingerprint density at radius 1 is 0.803 bits per heavy atom. The highest BCUT2D eigenvalue weighted by Gasteiger charge is 2.29. The average Bonchev–Trinajstić information content (AvgIpc) is 3.25. The predicted molar refractivity (Wildman–Crippen MR) is 228 cm³/mol. The molecule has 1 aliphatic heterocycles. The van der Waals surface area contributed by atoms with Gasteiger partial charge in [-0.15, -0.1) is 13.2 Å². The number of aryl methyl sites for hydroxylation is 2. The summed E-state index contributed by atoms with van der Waals surface area (Å²) in [6.45, 7) is 9.64. The van der Waals surface area contributed by atoms with E-state index in [0.717, 1.165) is 50.0 Å². The molecule has 0 saturated heterocycles. The summed E-state index contributed by atoms with van der Waals surface area (Å²) in [5.74, 6) is -8.10. The van der Waals surface area contributed by atoms with Crippen molar-refractivity contribution in [2.45, 2.75) is 13.8 Å². The molecule has 4 aromatic rings. The summed E-state index contributed by atoms with van der Waals surface area (Å²) in [5, 5.41) is 9.20. The van der Waals surface area contributed by atoms with Crippen LogP contribution in [0.3, 0.4) is 0 Å². The number of azide groups is 1. The van der Waals surface area contributed by atoms with E-state index >= 15 is 0 Å². The number of fused-ring (bicyclic) bond motifs is 2. The van der Waals surface area contributed by atoms with E-state index in [1.54, 1.807) is 19.1 Å². The Balaban J connectivity index is 0.00000347. The zero-order valence-corrected chi connectivity index (χ0v) is 34.5. The largest absolute Gasteiger partial charge is 0.490 e. The first-order valence-electron chi connectivity index (χ1n) is 18.8. The highest BCUT2D eigenvalue weighted by atomic mass is 19.2. The number of hydrogen-bond donors (Lipinski definition) is 2. The summed E-state index contributed by atoms with van der Waals surface area (Å²) in [7, 11) is 7.95. The maximum absolute atomic E-state index is 14.3. The molecule has 0 saturated carbocycles. The molecule has 2 N–H and O–H groups in total. The molecule has 0 fully saturated rings. The molecule has 4 aromatic carbocycles. The summed E-state index contributed by atoms with van der Waals surface area (Å²) < 4.78 is 77.4. The molecule has 61 heavy (non-hydrogen) atoms. The van der Waals surface area contributed by atoms with E-state index in [9.17, 15) is 27.2 Å². The molecule has 0 radical (unpaired) electrons. The smallest absolute Gasteiger partial charge is 0.257 e. The third-order valence-electron chi connectivity index (χ3n) is 9.54. The quantitative estimate of drug-likeness (QED) is 0.0137. The van der Waals surface area contributed by atoms with Gasteiger partial charge in [0.1, 0.15) is 61.4 Å². The summed E-state index contributed by atoms with van der Waals surface area (Å²) in [5.41, 5.74) is 11.9. The molecular formula is C45H44F4N7O5+. The number of nitrogens with one attached hydrogen (secondary N) is 2. The van der Waals surface area contributed by atoms with Crippen LogP contribution in [0.2, 0.25) is 0 Å². The zero-order chi connectivity index (χ0) is 44.5. The minimum absolute atomic E-state index is 0.189. The fraction of sp³-hybridized carbons (Fsp3) is 0.222. The topological polar surface area (TPSA) is 145 Å². The SMILES string of the molecule is C=C.Cc1cc(C(=O)NCCNC(=O)c2c(F)c(F)c(N=[N+]=[N-])c(F)c2F)ccc1OCCOc1cc(-c2c3ccc(=[N+](C)C)cc-3oc3cc(N(C)C)ccc23)ccc1C. The summed E-state index contributed by atoms with van der Waals surface area (Å²) in [4.78, 5) is 29.2. The van der Waals surface area contributed by atoms with Gasteiger partial charge in [-0.1, -0.05) is 17.2 Å². The van der Waals surface area contributed by atoms with Crippen LogP contribution in [0.15, 0.2) is 95.5 Å². The second-order valence-corrected chi connectivity index (χ2v) is 14.0. The van der Waals surface area contributed by atoms with Gasteiger partial charge in [-0.3, -0.25) is 9.59 Å². The number of nitrogens with zero attached hydrogens (tertiary/aromatic N) is 5. The van der Waals surface area contributed by atoms with Gasteiger partial charge in [0.15, 0.2) is 23.3 Å². The molecule has 16 heteroatoms. The third-order valence-corrected chi connectivity index (χ3v) is 9.54. The number of ether oxygens (including phenoxy) is 2. The number of amides is 2. The van der Waals surface area contributed by atoms with Crippen LogP contribution in [-0.2, 0) is 0 Å². The molecular weight excluding hydrogens is 795 g/mol. The van der Waals surface area contributed by atoms with Crippen LogP contribution >= 0.6 is 0 Å². The molecule has 0 unspecified atom stereocenters. The predicted octanol–water partition coefficient (Wildman–Crippen LogP) is 8.84. The molecule has 1 aliphatic carbocycles. The number of halogens is 4. The molecule has 2 aliphatic rings. The lowest BCUT2D eigenvalue weighted by molar-refractivity contribution is 0.0921. The normalized spacial score (nSPS) is 10.7. The zero-order valence-electron chi connectivity index (χ0n) is 34.5. The highest BCUT2D eigenvalue weighted by molar-refractivity contribution is 6.03. The van der Waals surface area contributed by atoms with Crippen molar-refractivity contribution in [2.75, 3.05) is 59.4 Å². The van der Waals surface area contributed by atoms with Crippen LogP contribution < -0.4 is 34.9 Å². The van der Waals surface area contributed by atoms with Gasteiger partial charge in [-0.05, 0) is 78.5 Å². The van der Waals surface area contributed by atoms with Gasteiger partial charge in [-0.2, -0.15) is 0 Å². The Hall–Kier alpha value is -7.32. The van der Waals surface area contributed by atoms with Crippen molar-refractivity contribution in [1.82, 2.24) is 15.2 Å². The molecule has 1 heterocycles. The van der Waals surface area contributed by atoms with E-state index in [0.29, 0.717) is 17.1 Å². The van der Waals surface area contributed by atoms with E-state index < -0.39 is 46.3 Å². The molecule has 2 amide bonds. The van der Waals surface area contributed by atoms with Crippen molar-refractivity contribution in [3.8, 4) is 33.9 Å². The van der Waals surface area contributed by atoms with Gasteiger partial charge in [0, 0.05) is 72.0 Å². The summed E-state index contributed by atoms with van der Waals surface area (Å²) >= 11 is 0. The van der Waals surface area contributed by atoms with Crippen molar-refractivity contribution in [3.05, 3.63) is 147 Å². The molecule has 6 rings (SSSR count). The van der Waals surface area contributed by atoms with Crippen LogP contribution in [0.25, 0.3) is 43.9 Å². The number of benzene rings is 5. The minimum Gasteiger partial charge on any atom is -0.490 e. The molecule has 0 bridgehead atoms. The molecule has 0 spiro atoms. The number of anilines is 1. The lowest BCUT2D eigenvalue weighted by Crippen LogP contribution is -2.35. The van der Waals surface area contributed by atoms with Crippen molar-refractivity contribution >= 4 is 34.2 Å². The molecule has 316 valence electrons. The third kappa shape index (κ3) is 9.77. The minimum atomic E-state index is -2.03. The molecule has 12 nitrogen and oxygen atoms in total. The first-order chi connectivity index (χ1) is 29.2. The monoisotopic (exact) mass is 838 g/mol. The van der Waals surface area contributed by atoms with Crippen molar-refractivity contribution in [1.29, 1.82) is 0 Å². The second kappa shape index (κ2) is 19.6. The first-order valence-corrected chi connectivity index (χ1v) is 18.8. The Bertz CT molecular complexity index is 2700. The van der Waals surface area contributed by atoms with Gasteiger partial charge in [-0.25, -0.2) is 22.1 Å². The van der Waals surface area contributed by atoms with Crippen LogP contribution in [0.1, 0.15) is 31.8 Å². The Labute approximate surface area is 349 Å². The van der Waals surface area contributed by atoms with E-state index in [1.807, 2.05) is 68.9 Å². The van der Waals surface area contributed by atoms with Crippen molar-refractivity contribution in [3.63, 3.8) is 0 Å². The highest BCUT2D eigenvalue weighted by Crippen LogP contribution is 2.42. The standard InChI is InChI=1S/C43H39F4N7O5.C2H4/c1-23-7-8-25(35-29-12-10-27(53(3)4)21-33(29)59-34-22-28(54(5)6)11-13-30(34)35)20-32(23)58-18-17-57-31-14-9-26(19-24(31)2)42(55)49-15-16-50-43(56)36-37(44)39(46)41(51-52-48)40(47)38(36)45;1-2/h7-14,19-22H,15-18H2,1-6H3,(H-,49,50,55,56);1-2H2/p+1. The van der Waals surface area contributed by atoms with Crippen LogP contribution in [-0.4, -0.2) is 66.3 Å². The van der Waals surface area contributed by atoms with E-state index in [2.05, 4.69) is 64.1 Å². The van der Waals surface area contributed by atoms with Crippen LogP contribution in [0.5, 0.6) is 11.5 Å². The fourth-order valence-corrected chi connectivity index (χ4v) is 6.40. The van der Waals surface area contributed by atoms with Gasteiger partial charge < -0.3 is 29.4 Å². The van der Waals surface area contributed by atoms with Gasteiger partial charge in [0.25, 0.3) is 11.8 Å². The summed E-state index contributed by atoms with van der Waals surface area (Å²) in [6, 6.07) is 23.2. The fourth-order valence-electron chi connectivity index (χ4n) is 6.40. The van der Waals surface area contributed by atoms with E-state index in [4.69, 9.17) is 19.4 Å². The lowest BCUT2D eigenvalue weighted by Gasteiger charge is -2.19. The number of rotatable bonds is 13. The Kier molecular flexibility index (Phi) is 14.4. The summed E-state index contributed by atoms with van der Waals surface area (Å²) in [6.07, 6.45) is 0. The maximum atomic E-state index is 14.3. The van der Waals surface area contributed by atoms with Gasteiger partial charge in [0.05, 0.1) is 6.07 Å². The first kappa shape index (κ1) is 44.8. The van der Waals surface area contributed by atoms with Gasteiger partial charge in [0.2, 0.25) is 5.36 Å². The van der Waals surface area contributed by atoms with Crippen LogP contribution in [0.4, 0.5) is 28.9 Å². The Morgan fingerprint density at radius 2 is 1.46 bits per heavy atom. The Morgan fingerprint density at radius 3 is 2.08 bits per heavy atom. The maximum Gasteiger partial charge on any atom is 0.257 e. The second-order valence-electron chi connectivity index (χ2n) is 14.0. The average molecular weight is 839 g/mol. The number of carbonyl (C=O) groups excluding carboxylic acids is 2. The van der Waals surface area contributed by atoms with Crippen molar-refractivity contribution in [2.24, 2.45) is 5.11 Å². The lowest BCUT2D eigenvalue weighted by atomic mass is 9.93. The molecule has 0 atom stereocenters. The van der Waals surface area contributed by atoms with E-state index in [-0.39, 0.29) is 31.9 Å². The van der Waals surface area contributed by atoms with Crippen LogP contribution in [0, 0.1) is 37.1 Å². The van der Waals surface area contributed by atoms with Gasteiger partial charge >= 0.3 is 0 Å².